The van der Waals surface area contributed by atoms with Crippen molar-refractivity contribution in [2.45, 2.75) is 31.5 Å². The number of alkyl halides is 3. The first-order chi connectivity index (χ1) is 7.07. The zero-order valence-corrected chi connectivity index (χ0v) is 11.1. The van der Waals surface area contributed by atoms with Crippen LogP contribution in [0.2, 0.25) is 0 Å². The van der Waals surface area contributed by atoms with Crippen molar-refractivity contribution in [3.63, 3.8) is 0 Å². The van der Waals surface area contributed by atoms with Crippen molar-refractivity contribution in [1.82, 2.24) is 10.2 Å². The first-order valence-corrected chi connectivity index (χ1v) is 5.59. The summed E-state index contributed by atoms with van der Waals surface area (Å²) in [6, 6.07) is -1.20. The van der Waals surface area contributed by atoms with Crippen molar-refractivity contribution < 1.29 is 13.2 Å². The zero-order valence-electron chi connectivity index (χ0n) is 9.50. The quantitative estimate of drug-likeness (QED) is 0.860. The summed E-state index contributed by atoms with van der Waals surface area (Å²) in [6.07, 6.45) is -1.78. The molecule has 0 aromatic heterocycles. The monoisotopic (exact) mass is 294 g/mol. The van der Waals surface area contributed by atoms with Crippen LogP contribution in [0.25, 0.3) is 0 Å². The lowest BCUT2D eigenvalue weighted by Gasteiger charge is -2.36. The van der Waals surface area contributed by atoms with E-state index in [9.17, 15) is 13.2 Å². The third-order valence-electron chi connectivity index (χ3n) is 3.22. The lowest BCUT2D eigenvalue weighted by atomic mass is 10.1. The highest BCUT2D eigenvalue weighted by atomic mass is 35.5. The summed E-state index contributed by atoms with van der Waals surface area (Å²) >= 11 is 0. The van der Waals surface area contributed by atoms with Gasteiger partial charge in [0.2, 0.25) is 0 Å². The summed E-state index contributed by atoms with van der Waals surface area (Å²) in [5.74, 6) is 0.325. The second kappa shape index (κ2) is 7.02. The number of nitrogens with one attached hydrogen (secondary N) is 1. The van der Waals surface area contributed by atoms with Gasteiger partial charge in [-0.2, -0.15) is 13.2 Å². The molecule has 2 fully saturated rings. The van der Waals surface area contributed by atoms with Crippen LogP contribution in [0.4, 0.5) is 13.2 Å². The summed E-state index contributed by atoms with van der Waals surface area (Å²) in [5, 5.41) is 3.08. The molecular weight excluding hydrogens is 276 g/mol. The van der Waals surface area contributed by atoms with Gasteiger partial charge in [-0.25, -0.2) is 0 Å². The molecule has 0 amide bonds. The van der Waals surface area contributed by atoms with Crippen molar-refractivity contribution in [1.29, 1.82) is 0 Å². The molecule has 0 spiro atoms. The standard InChI is InChI=1S/C10H17F3N2.2ClH/c11-10(12,13)9(7-8-1-2-8)15-5-3-14-4-6-15;;/h8-9,14H,1-7H2;2*1H/t9-;;/m0../s1. The van der Waals surface area contributed by atoms with Gasteiger partial charge in [0.15, 0.2) is 0 Å². The van der Waals surface area contributed by atoms with Crippen LogP contribution in [-0.4, -0.2) is 43.3 Å². The minimum Gasteiger partial charge on any atom is -0.314 e. The van der Waals surface area contributed by atoms with E-state index < -0.39 is 12.2 Å². The second-order valence-electron chi connectivity index (χ2n) is 4.52. The molecule has 7 heteroatoms. The van der Waals surface area contributed by atoms with E-state index in [1.165, 1.54) is 0 Å². The molecule has 0 bridgehead atoms. The average Bonchev–Trinajstić information content (AvgIpc) is 2.97. The normalized spacial score (nSPS) is 23.5. The second-order valence-corrected chi connectivity index (χ2v) is 4.52. The molecule has 1 saturated carbocycles. The van der Waals surface area contributed by atoms with Crippen LogP contribution < -0.4 is 5.32 Å². The Labute approximate surface area is 112 Å². The number of rotatable bonds is 3. The first-order valence-electron chi connectivity index (χ1n) is 5.59. The van der Waals surface area contributed by atoms with E-state index in [2.05, 4.69) is 5.32 Å². The van der Waals surface area contributed by atoms with Gasteiger partial charge in [0.05, 0.1) is 0 Å². The van der Waals surface area contributed by atoms with Gasteiger partial charge in [-0.15, -0.1) is 24.8 Å². The van der Waals surface area contributed by atoms with Crippen LogP contribution in [0.3, 0.4) is 0 Å². The minimum absolute atomic E-state index is 0. The molecule has 2 rings (SSSR count). The molecule has 104 valence electrons. The van der Waals surface area contributed by atoms with Gasteiger partial charge in [-0.1, -0.05) is 12.8 Å². The molecular formula is C10H19Cl2F3N2. The van der Waals surface area contributed by atoms with Gasteiger partial charge in [-0.3, -0.25) is 4.90 Å². The highest BCUT2D eigenvalue weighted by Crippen LogP contribution is 2.39. The Hall–Kier alpha value is 0.290. The molecule has 1 N–H and O–H groups in total. The fourth-order valence-electron chi connectivity index (χ4n) is 2.15. The SMILES string of the molecule is Cl.Cl.FC(F)(F)[C@H](CC1CC1)N1CCNCC1. The Morgan fingerprint density at radius 2 is 1.65 bits per heavy atom. The predicted octanol–water partition coefficient (Wildman–Crippen LogP) is 2.47. The van der Waals surface area contributed by atoms with Gasteiger partial charge in [-0.05, 0) is 12.3 Å². The molecule has 1 saturated heterocycles. The topological polar surface area (TPSA) is 15.3 Å². The lowest BCUT2D eigenvalue weighted by molar-refractivity contribution is -0.188. The Balaban J connectivity index is 0.00000128. The largest absolute Gasteiger partial charge is 0.404 e. The molecule has 0 aromatic carbocycles. The molecule has 1 aliphatic carbocycles. The molecule has 2 nitrogen and oxygen atoms in total. The van der Waals surface area contributed by atoms with Crippen molar-refractivity contribution >= 4 is 24.8 Å². The first kappa shape index (κ1) is 17.3. The van der Waals surface area contributed by atoms with Crippen molar-refractivity contribution in [3.05, 3.63) is 0 Å². The molecule has 0 unspecified atom stereocenters. The van der Waals surface area contributed by atoms with Gasteiger partial charge in [0.25, 0.3) is 0 Å². The summed E-state index contributed by atoms with van der Waals surface area (Å²) in [5.41, 5.74) is 0. The Morgan fingerprint density at radius 1 is 1.12 bits per heavy atom. The predicted molar refractivity (Wildman–Crippen MR) is 66.1 cm³/mol. The maximum atomic E-state index is 12.8. The molecule has 0 aromatic rings. The van der Waals surface area contributed by atoms with Gasteiger partial charge in [0.1, 0.15) is 6.04 Å². The van der Waals surface area contributed by atoms with Crippen LogP contribution in [0.15, 0.2) is 0 Å². The van der Waals surface area contributed by atoms with Crippen molar-refractivity contribution in [2.24, 2.45) is 5.92 Å². The van der Waals surface area contributed by atoms with E-state index >= 15 is 0 Å². The number of hydrogen-bond acceptors (Lipinski definition) is 2. The Bertz CT molecular complexity index is 216. The highest BCUT2D eigenvalue weighted by molar-refractivity contribution is 5.85. The number of nitrogens with zero attached hydrogens (tertiary/aromatic N) is 1. The van der Waals surface area contributed by atoms with E-state index in [1.807, 2.05) is 0 Å². The minimum atomic E-state index is -4.06. The number of halogens is 5. The van der Waals surface area contributed by atoms with E-state index in [1.54, 1.807) is 4.90 Å². The molecule has 17 heavy (non-hydrogen) atoms. The van der Waals surface area contributed by atoms with Crippen LogP contribution in [-0.2, 0) is 0 Å². The van der Waals surface area contributed by atoms with Crippen LogP contribution in [0, 0.1) is 5.92 Å². The molecule has 1 atom stereocenters. The van der Waals surface area contributed by atoms with E-state index in [0.29, 0.717) is 38.5 Å². The molecule has 1 aliphatic heterocycles. The molecule has 1 heterocycles. The number of hydrogen-bond donors (Lipinski definition) is 1. The lowest BCUT2D eigenvalue weighted by Crippen LogP contribution is -2.53. The Morgan fingerprint density at radius 3 is 2.06 bits per heavy atom. The zero-order chi connectivity index (χ0) is 10.9. The van der Waals surface area contributed by atoms with Gasteiger partial charge >= 0.3 is 6.18 Å². The molecule has 2 aliphatic rings. The summed E-state index contributed by atoms with van der Waals surface area (Å²) in [4.78, 5) is 1.59. The third-order valence-corrected chi connectivity index (χ3v) is 3.22. The van der Waals surface area contributed by atoms with Crippen LogP contribution in [0.1, 0.15) is 19.3 Å². The van der Waals surface area contributed by atoms with Crippen molar-refractivity contribution in [3.8, 4) is 0 Å². The highest BCUT2D eigenvalue weighted by Gasteiger charge is 2.46. The fourth-order valence-corrected chi connectivity index (χ4v) is 2.15. The summed E-state index contributed by atoms with van der Waals surface area (Å²) < 4.78 is 38.5. The number of piperazine rings is 1. The third kappa shape index (κ3) is 5.20. The van der Waals surface area contributed by atoms with Gasteiger partial charge < -0.3 is 5.32 Å². The van der Waals surface area contributed by atoms with E-state index in [-0.39, 0.29) is 24.8 Å². The van der Waals surface area contributed by atoms with Gasteiger partial charge in [0, 0.05) is 26.2 Å². The fraction of sp³-hybridized carbons (Fsp3) is 1.00. The van der Waals surface area contributed by atoms with E-state index in [0.717, 1.165) is 12.8 Å². The maximum Gasteiger partial charge on any atom is 0.404 e. The smallest absolute Gasteiger partial charge is 0.314 e. The van der Waals surface area contributed by atoms with Crippen molar-refractivity contribution in [2.75, 3.05) is 26.2 Å². The average molecular weight is 295 g/mol. The molecule has 0 radical (unpaired) electrons. The van der Waals surface area contributed by atoms with E-state index in [4.69, 9.17) is 0 Å². The summed E-state index contributed by atoms with van der Waals surface area (Å²) in [7, 11) is 0. The van der Waals surface area contributed by atoms with Crippen LogP contribution >= 0.6 is 24.8 Å². The maximum absolute atomic E-state index is 12.8. The summed E-state index contributed by atoms with van der Waals surface area (Å²) in [6.45, 7) is 2.41. The van der Waals surface area contributed by atoms with Crippen LogP contribution in [0.5, 0.6) is 0 Å². The Kier molecular flexibility index (Phi) is 7.14.